The van der Waals surface area contributed by atoms with Crippen LogP contribution in [-0.2, 0) is 6.42 Å². The fourth-order valence-corrected chi connectivity index (χ4v) is 5.10. The van der Waals surface area contributed by atoms with Gasteiger partial charge < -0.3 is 20.1 Å². The van der Waals surface area contributed by atoms with Crippen LogP contribution in [0.15, 0.2) is 65.2 Å². The Morgan fingerprint density at radius 2 is 1.86 bits per heavy atom. The molecule has 0 bridgehead atoms. The number of pyridine rings is 1. The highest BCUT2D eigenvalue weighted by atomic mass is 16.5. The molecule has 8 heteroatoms. The molecule has 0 radical (unpaired) electrons. The number of hydrogen-bond donors (Lipinski definition) is 2. The number of piperidine rings is 1. The highest BCUT2D eigenvalue weighted by Gasteiger charge is 2.28. The maximum atomic E-state index is 12.8. The number of fused-ring (bicyclic) bond motifs is 2. The molecule has 0 spiro atoms. The van der Waals surface area contributed by atoms with Crippen LogP contribution in [0.1, 0.15) is 41.8 Å². The first-order chi connectivity index (χ1) is 17.2. The molecule has 1 fully saturated rings. The summed E-state index contributed by atoms with van der Waals surface area (Å²) in [6.07, 6.45) is 2.62. The third kappa shape index (κ3) is 4.49. The fourth-order valence-electron chi connectivity index (χ4n) is 5.10. The number of nitrogens with one attached hydrogen (secondary N) is 2. The summed E-state index contributed by atoms with van der Waals surface area (Å²) in [5.41, 5.74) is 4.26. The molecule has 2 amide bonds. The van der Waals surface area contributed by atoms with Gasteiger partial charge in [0.05, 0.1) is 5.52 Å². The van der Waals surface area contributed by atoms with Crippen molar-refractivity contribution in [2.24, 2.45) is 0 Å². The monoisotopic (exact) mass is 468 g/mol. The third-order valence-corrected chi connectivity index (χ3v) is 7.07. The van der Waals surface area contributed by atoms with Crippen molar-refractivity contribution in [3.05, 3.63) is 77.7 Å². The molecule has 2 N–H and O–H groups in total. The fraction of sp³-hybridized carbons (Fsp3) is 0.333. The zero-order valence-corrected chi connectivity index (χ0v) is 19.5. The molecular weight excluding hydrogens is 440 g/mol. The van der Waals surface area contributed by atoms with Crippen LogP contribution < -0.4 is 10.6 Å². The Labute approximate surface area is 203 Å². The molecule has 2 aromatic heterocycles. The molecule has 1 atom stereocenters. The number of carbonyl (C=O) groups is 1. The summed E-state index contributed by atoms with van der Waals surface area (Å²) in [5.74, 6) is 1.27. The van der Waals surface area contributed by atoms with Crippen molar-refractivity contribution in [3.8, 4) is 11.5 Å². The van der Waals surface area contributed by atoms with E-state index >= 15 is 0 Å². The van der Waals surface area contributed by atoms with E-state index in [9.17, 15) is 4.79 Å². The molecule has 2 aliphatic heterocycles. The number of nitrogens with zero attached hydrogens (tertiary/aromatic N) is 4. The van der Waals surface area contributed by atoms with E-state index in [1.54, 1.807) is 0 Å². The second kappa shape index (κ2) is 9.46. The van der Waals surface area contributed by atoms with Crippen molar-refractivity contribution in [2.45, 2.75) is 31.2 Å². The van der Waals surface area contributed by atoms with E-state index in [0.29, 0.717) is 37.0 Å². The summed E-state index contributed by atoms with van der Waals surface area (Å²) >= 11 is 0. The van der Waals surface area contributed by atoms with Gasteiger partial charge in [-0.05, 0) is 49.1 Å². The first kappa shape index (κ1) is 21.7. The Morgan fingerprint density at radius 1 is 1.03 bits per heavy atom. The van der Waals surface area contributed by atoms with Gasteiger partial charge in [-0.2, -0.15) is 4.98 Å². The second-order valence-corrected chi connectivity index (χ2v) is 9.25. The van der Waals surface area contributed by atoms with Gasteiger partial charge in [-0.25, -0.2) is 9.78 Å². The van der Waals surface area contributed by atoms with E-state index < -0.39 is 0 Å². The smallest absolute Gasteiger partial charge is 0.317 e. The number of benzene rings is 2. The number of carbonyl (C=O) groups excluding carboxylic acids is 1. The summed E-state index contributed by atoms with van der Waals surface area (Å²) < 4.78 is 5.60. The van der Waals surface area contributed by atoms with Gasteiger partial charge in [-0.15, -0.1) is 0 Å². The largest absolute Gasteiger partial charge is 0.339 e. The van der Waals surface area contributed by atoms with Crippen LogP contribution in [0.2, 0.25) is 0 Å². The van der Waals surface area contributed by atoms with Crippen molar-refractivity contribution in [2.75, 3.05) is 26.2 Å². The van der Waals surface area contributed by atoms with Gasteiger partial charge in [0, 0.05) is 37.0 Å². The first-order valence-corrected chi connectivity index (χ1v) is 12.3. The minimum absolute atomic E-state index is 0.0140. The van der Waals surface area contributed by atoms with E-state index in [1.807, 2.05) is 41.3 Å². The predicted octanol–water partition coefficient (Wildman–Crippen LogP) is 4.06. The molecule has 1 saturated heterocycles. The molecule has 2 aliphatic rings. The molecule has 8 nitrogen and oxygen atoms in total. The molecule has 35 heavy (non-hydrogen) atoms. The quantitative estimate of drug-likeness (QED) is 0.469. The predicted molar refractivity (Wildman–Crippen MR) is 133 cm³/mol. The van der Waals surface area contributed by atoms with Crippen molar-refractivity contribution >= 4 is 16.9 Å². The van der Waals surface area contributed by atoms with Gasteiger partial charge >= 0.3 is 6.03 Å². The Bertz CT molecular complexity index is 1340. The average Bonchev–Trinajstić information content (AvgIpc) is 3.42. The summed E-state index contributed by atoms with van der Waals surface area (Å²) in [6, 6.07) is 20.5. The van der Waals surface area contributed by atoms with Crippen LogP contribution in [-0.4, -0.2) is 52.2 Å². The van der Waals surface area contributed by atoms with Crippen molar-refractivity contribution in [3.63, 3.8) is 0 Å². The normalized spacial score (nSPS) is 18.4. The molecule has 1 unspecified atom stereocenters. The van der Waals surface area contributed by atoms with Crippen molar-refractivity contribution < 1.29 is 9.32 Å². The standard InChI is InChI=1S/C27H28N6O2/c34-27(29-17-24-21-7-3-1-5-18(21)11-14-28-24)33-15-12-20(13-16-33)26-31-25(32-35-26)23-10-9-19-6-2-4-8-22(19)30-23/h1-10,20,24,28H,11-17H2,(H,29,34). The minimum Gasteiger partial charge on any atom is -0.339 e. The molecule has 0 aliphatic carbocycles. The lowest BCUT2D eigenvalue weighted by Gasteiger charge is -2.32. The van der Waals surface area contributed by atoms with Gasteiger partial charge in [-0.1, -0.05) is 53.7 Å². The van der Waals surface area contributed by atoms with Gasteiger partial charge in [0.15, 0.2) is 0 Å². The van der Waals surface area contributed by atoms with E-state index in [1.165, 1.54) is 11.1 Å². The molecule has 2 aromatic carbocycles. The number of aromatic nitrogens is 3. The SMILES string of the molecule is O=C(NCC1NCCc2ccccc21)N1CCC(c2nc(-c3ccc4ccccc4n3)no2)CC1. The molecule has 4 heterocycles. The number of para-hydroxylation sites is 1. The Hall–Kier alpha value is -3.78. The Morgan fingerprint density at radius 3 is 2.77 bits per heavy atom. The minimum atomic E-state index is -0.0140. The van der Waals surface area contributed by atoms with Crippen molar-refractivity contribution in [1.82, 2.24) is 30.7 Å². The first-order valence-electron chi connectivity index (χ1n) is 12.3. The van der Waals surface area contributed by atoms with E-state index in [-0.39, 0.29) is 18.0 Å². The van der Waals surface area contributed by atoms with E-state index in [0.717, 1.165) is 36.7 Å². The summed E-state index contributed by atoms with van der Waals surface area (Å²) in [5, 5.41) is 11.9. The molecule has 6 rings (SSSR count). The maximum Gasteiger partial charge on any atom is 0.317 e. The lowest BCUT2D eigenvalue weighted by molar-refractivity contribution is 0.174. The zero-order valence-electron chi connectivity index (χ0n) is 19.5. The van der Waals surface area contributed by atoms with Crippen LogP contribution in [0, 0.1) is 0 Å². The van der Waals surface area contributed by atoms with E-state index in [2.05, 4.69) is 50.0 Å². The maximum absolute atomic E-state index is 12.8. The molecular formula is C27H28N6O2. The van der Waals surface area contributed by atoms with Crippen LogP contribution in [0.5, 0.6) is 0 Å². The number of likely N-dealkylation sites (tertiary alicyclic amines) is 1. The highest BCUT2D eigenvalue weighted by molar-refractivity contribution is 5.80. The van der Waals surface area contributed by atoms with Gasteiger partial charge in [-0.3, -0.25) is 0 Å². The van der Waals surface area contributed by atoms with Gasteiger partial charge in [0.1, 0.15) is 5.69 Å². The average molecular weight is 469 g/mol. The van der Waals surface area contributed by atoms with Crippen LogP contribution in [0.3, 0.4) is 0 Å². The lowest BCUT2D eigenvalue weighted by Crippen LogP contribution is -2.47. The van der Waals surface area contributed by atoms with Crippen LogP contribution >= 0.6 is 0 Å². The summed E-state index contributed by atoms with van der Waals surface area (Å²) in [7, 11) is 0. The summed E-state index contributed by atoms with van der Waals surface area (Å²) in [6.45, 7) is 2.85. The van der Waals surface area contributed by atoms with Crippen molar-refractivity contribution in [1.29, 1.82) is 0 Å². The number of hydrogen-bond acceptors (Lipinski definition) is 6. The molecule has 178 valence electrons. The topological polar surface area (TPSA) is 96.2 Å². The Balaban J connectivity index is 1.04. The number of urea groups is 1. The second-order valence-electron chi connectivity index (χ2n) is 9.25. The summed E-state index contributed by atoms with van der Waals surface area (Å²) in [4.78, 5) is 24.0. The van der Waals surface area contributed by atoms with Gasteiger partial charge in [0.25, 0.3) is 0 Å². The van der Waals surface area contributed by atoms with Crippen LogP contribution in [0.4, 0.5) is 4.79 Å². The highest BCUT2D eigenvalue weighted by Crippen LogP contribution is 2.29. The number of rotatable bonds is 4. The Kier molecular flexibility index (Phi) is 5.88. The third-order valence-electron chi connectivity index (χ3n) is 7.07. The molecule has 0 saturated carbocycles. The number of amides is 2. The zero-order chi connectivity index (χ0) is 23.6. The van der Waals surface area contributed by atoms with Crippen LogP contribution in [0.25, 0.3) is 22.4 Å². The van der Waals surface area contributed by atoms with E-state index in [4.69, 9.17) is 4.52 Å². The molecule has 4 aromatic rings. The van der Waals surface area contributed by atoms with Gasteiger partial charge in [0.2, 0.25) is 11.7 Å². The lowest BCUT2D eigenvalue weighted by atomic mass is 9.94.